The van der Waals surface area contributed by atoms with E-state index in [2.05, 4.69) is 34.6 Å². The molecule has 0 heterocycles. The second-order valence-electron chi connectivity index (χ2n) is 29.3. The third-order valence-electron chi connectivity index (χ3n) is 18.8. The molecule has 0 aromatic carbocycles. The quantitative estimate of drug-likeness (QED) is 0.0222. The molecule has 0 aliphatic rings. The first-order valence-electron chi connectivity index (χ1n) is 41.6. The number of aliphatic hydroxyl groups is 1. The lowest BCUT2D eigenvalue weighted by molar-refractivity contribution is -0.161. The molecule has 2 unspecified atom stereocenters. The number of phosphoric acid groups is 2. The highest BCUT2D eigenvalue weighted by atomic mass is 31.2. The van der Waals surface area contributed by atoms with Crippen molar-refractivity contribution in [3.05, 3.63) is 0 Å². The van der Waals surface area contributed by atoms with Gasteiger partial charge in [-0.25, -0.2) is 9.13 Å². The first kappa shape index (κ1) is 97.1. The number of carbonyl (C=O) groups is 4. The number of hydrogen-bond donors (Lipinski definition) is 3. The van der Waals surface area contributed by atoms with Gasteiger partial charge in [0.1, 0.15) is 19.3 Å². The van der Waals surface area contributed by atoms with Gasteiger partial charge in [0.15, 0.2) is 12.2 Å². The number of rotatable bonds is 80. The van der Waals surface area contributed by atoms with E-state index >= 15 is 0 Å². The molecule has 0 amide bonds. The summed E-state index contributed by atoms with van der Waals surface area (Å²) in [6.45, 7) is 7.36. The molecule has 0 aromatic heterocycles. The molecule has 5 atom stereocenters. The van der Waals surface area contributed by atoms with Crippen LogP contribution in [0.2, 0.25) is 0 Å². The van der Waals surface area contributed by atoms with Crippen LogP contribution in [0.5, 0.6) is 0 Å². The summed E-state index contributed by atoms with van der Waals surface area (Å²) in [7, 11) is -9.92. The van der Waals surface area contributed by atoms with Crippen LogP contribution in [0.15, 0.2) is 0 Å². The summed E-state index contributed by atoms with van der Waals surface area (Å²) < 4.78 is 68.7. The van der Waals surface area contributed by atoms with Crippen LogP contribution in [0.4, 0.5) is 0 Å². The maximum absolute atomic E-state index is 13.1. The van der Waals surface area contributed by atoms with Gasteiger partial charge in [0.25, 0.3) is 0 Å². The molecule has 588 valence electrons. The summed E-state index contributed by atoms with van der Waals surface area (Å²) in [5, 5.41) is 10.6. The largest absolute Gasteiger partial charge is 0.472 e. The van der Waals surface area contributed by atoms with E-state index in [1.165, 1.54) is 250 Å². The number of phosphoric ester groups is 2. The third kappa shape index (κ3) is 74.1. The molecule has 17 nitrogen and oxygen atoms in total. The maximum atomic E-state index is 13.1. The van der Waals surface area contributed by atoms with Crippen LogP contribution in [-0.2, 0) is 65.4 Å². The topological polar surface area (TPSA) is 237 Å². The van der Waals surface area contributed by atoms with Crippen LogP contribution in [0.25, 0.3) is 0 Å². The molecule has 0 bridgehead atoms. The molecule has 0 saturated heterocycles. The Hall–Kier alpha value is -1.94. The Morgan fingerprint density at radius 3 is 0.687 bits per heavy atom. The van der Waals surface area contributed by atoms with E-state index in [4.69, 9.17) is 37.0 Å². The number of unbranched alkanes of at least 4 members (excludes halogenated alkanes) is 52. The van der Waals surface area contributed by atoms with Gasteiger partial charge < -0.3 is 33.8 Å². The third-order valence-corrected chi connectivity index (χ3v) is 20.7. The van der Waals surface area contributed by atoms with Gasteiger partial charge in [-0.05, 0) is 31.6 Å². The molecule has 0 fully saturated rings. The summed E-state index contributed by atoms with van der Waals surface area (Å²) in [6.07, 6.45) is 63.6. The van der Waals surface area contributed by atoms with E-state index in [0.717, 1.165) is 95.8 Å². The molecule has 0 aliphatic carbocycles. The predicted octanol–water partition coefficient (Wildman–Crippen LogP) is 24.0. The van der Waals surface area contributed by atoms with Crippen molar-refractivity contribution in [1.29, 1.82) is 0 Å². The highest BCUT2D eigenvalue weighted by Gasteiger charge is 2.30. The van der Waals surface area contributed by atoms with Gasteiger partial charge in [-0.3, -0.25) is 37.3 Å². The van der Waals surface area contributed by atoms with E-state index in [1.807, 2.05) is 0 Å². The van der Waals surface area contributed by atoms with Crippen LogP contribution in [0, 0.1) is 5.92 Å². The van der Waals surface area contributed by atoms with Crippen molar-refractivity contribution in [2.24, 2.45) is 5.92 Å². The minimum absolute atomic E-state index is 0.109. The van der Waals surface area contributed by atoms with Crippen molar-refractivity contribution in [3.8, 4) is 0 Å². The summed E-state index contributed by atoms with van der Waals surface area (Å²) in [5.41, 5.74) is 0. The molecule has 0 aliphatic heterocycles. The molecule has 0 spiro atoms. The van der Waals surface area contributed by atoms with Gasteiger partial charge in [0.05, 0.1) is 26.4 Å². The molecule has 0 aromatic rings. The maximum Gasteiger partial charge on any atom is 0.472 e. The van der Waals surface area contributed by atoms with Crippen LogP contribution in [0.3, 0.4) is 0 Å². The summed E-state index contributed by atoms with van der Waals surface area (Å²) >= 11 is 0. The normalized spacial score (nSPS) is 13.9. The second kappa shape index (κ2) is 73.0. The minimum atomic E-state index is -4.96. The zero-order chi connectivity index (χ0) is 72.7. The van der Waals surface area contributed by atoms with Crippen molar-refractivity contribution in [2.45, 2.75) is 445 Å². The van der Waals surface area contributed by atoms with Crippen molar-refractivity contribution < 1.29 is 80.2 Å². The molecule has 99 heavy (non-hydrogen) atoms. The first-order chi connectivity index (χ1) is 48.0. The van der Waals surface area contributed by atoms with Gasteiger partial charge in [0.2, 0.25) is 0 Å². The Morgan fingerprint density at radius 1 is 0.273 bits per heavy atom. The Morgan fingerprint density at radius 2 is 0.465 bits per heavy atom. The van der Waals surface area contributed by atoms with Gasteiger partial charge in [-0.15, -0.1) is 0 Å². The van der Waals surface area contributed by atoms with Crippen LogP contribution in [0.1, 0.15) is 426 Å². The molecule has 0 radical (unpaired) electrons. The van der Waals surface area contributed by atoms with Crippen LogP contribution in [-0.4, -0.2) is 96.7 Å². The first-order valence-corrected chi connectivity index (χ1v) is 44.6. The Bertz CT molecular complexity index is 1890. The number of hydrogen-bond acceptors (Lipinski definition) is 15. The Kier molecular flexibility index (Phi) is 71.6. The average molecular weight is 1450 g/mol. The lowest BCUT2D eigenvalue weighted by Crippen LogP contribution is -2.30. The van der Waals surface area contributed by atoms with Crippen LogP contribution < -0.4 is 0 Å². The molecule has 0 saturated carbocycles. The predicted molar refractivity (Wildman–Crippen MR) is 405 cm³/mol. The van der Waals surface area contributed by atoms with Crippen molar-refractivity contribution in [1.82, 2.24) is 0 Å². The zero-order valence-corrected chi connectivity index (χ0v) is 66.4. The molecule has 0 rings (SSSR count). The molecule has 3 N–H and O–H groups in total. The summed E-state index contributed by atoms with van der Waals surface area (Å²) in [5.74, 6) is -1.30. The van der Waals surface area contributed by atoms with Gasteiger partial charge in [-0.1, -0.05) is 375 Å². The molecular weight excluding hydrogens is 1290 g/mol. The fourth-order valence-electron chi connectivity index (χ4n) is 12.4. The minimum Gasteiger partial charge on any atom is -0.462 e. The standard InChI is InChI=1S/C80H156O17P2/c1-6-9-12-15-18-21-24-26-30-35-39-44-49-54-59-64-78(83)91-70-76(97-80(85)66-61-56-51-46-41-36-32-29-28-31-33-38-42-47-52-57-62-73(4)5)72-95-99(88,89)93-68-74(81)67-92-98(86,87)94-71-75(69-90-77(82)63-58-53-48-43-37-23-20-17-14-11-8-3)96-79(84)65-60-55-50-45-40-34-27-25-22-19-16-13-10-7-2/h73-76,81H,6-72H2,1-5H3,(H,86,87)(H,88,89)/t74-,75+,76+/m0/s1. The fraction of sp³-hybridized carbons (Fsp3) is 0.950. The van der Waals surface area contributed by atoms with E-state index in [0.29, 0.717) is 25.7 Å². The Balaban J connectivity index is 5.24. The summed E-state index contributed by atoms with van der Waals surface area (Å²) in [4.78, 5) is 73.0. The lowest BCUT2D eigenvalue weighted by atomic mass is 10.0. The van der Waals surface area contributed by atoms with Crippen molar-refractivity contribution in [2.75, 3.05) is 39.6 Å². The highest BCUT2D eigenvalue weighted by molar-refractivity contribution is 7.47. The van der Waals surface area contributed by atoms with Gasteiger partial charge in [0, 0.05) is 25.7 Å². The van der Waals surface area contributed by atoms with E-state index in [1.54, 1.807) is 0 Å². The van der Waals surface area contributed by atoms with Crippen molar-refractivity contribution in [3.63, 3.8) is 0 Å². The average Bonchev–Trinajstić information content (AvgIpc) is 0.989. The SMILES string of the molecule is CCCCCCCCCCCCCCCCCC(=O)OC[C@H](COP(=O)(O)OC[C@@H](O)COP(=O)(O)OC[C@@H](COC(=O)CCCCCCCCCCCCC)OC(=O)CCCCCCCCCCCCCCCC)OC(=O)CCCCCCCCCCCCCCCCCCC(C)C. The van der Waals surface area contributed by atoms with Crippen LogP contribution >= 0.6 is 15.6 Å². The van der Waals surface area contributed by atoms with Crippen molar-refractivity contribution >= 4 is 39.5 Å². The highest BCUT2D eigenvalue weighted by Crippen LogP contribution is 2.45. The number of aliphatic hydroxyl groups excluding tert-OH is 1. The number of esters is 4. The summed E-state index contributed by atoms with van der Waals surface area (Å²) in [6, 6.07) is 0. The number of ether oxygens (including phenoxy) is 4. The monoisotopic (exact) mass is 1450 g/mol. The molecule has 19 heteroatoms. The lowest BCUT2D eigenvalue weighted by Gasteiger charge is -2.21. The molecular formula is C80H156O17P2. The van der Waals surface area contributed by atoms with E-state index < -0.39 is 97.5 Å². The fourth-order valence-corrected chi connectivity index (χ4v) is 14.0. The van der Waals surface area contributed by atoms with Gasteiger partial charge >= 0.3 is 39.5 Å². The smallest absolute Gasteiger partial charge is 0.462 e. The Labute approximate surface area is 607 Å². The van der Waals surface area contributed by atoms with E-state index in [-0.39, 0.29) is 25.7 Å². The zero-order valence-electron chi connectivity index (χ0n) is 64.6. The second-order valence-corrected chi connectivity index (χ2v) is 32.2. The number of carbonyl (C=O) groups excluding carboxylic acids is 4. The van der Waals surface area contributed by atoms with E-state index in [9.17, 15) is 43.2 Å². The van der Waals surface area contributed by atoms with Gasteiger partial charge in [-0.2, -0.15) is 0 Å².